The van der Waals surface area contributed by atoms with Crippen LogP contribution < -0.4 is 5.32 Å². The van der Waals surface area contributed by atoms with Gasteiger partial charge in [-0.3, -0.25) is 9.59 Å². The van der Waals surface area contributed by atoms with E-state index in [-0.39, 0.29) is 29.5 Å². The number of hydrogen-bond donors (Lipinski definition) is 2. The number of carbonyl (C=O) groups excluding carboxylic acids is 2. The molecule has 0 aromatic heterocycles. The molecule has 1 aliphatic rings. The van der Waals surface area contributed by atoms with Crippen molar-refractivity contribution in [3.63, 3.8) is 0 Å². The van der Waals surface area contributed by atoms with Gasteiger partial charge >= 0.3 is 0 Å². The van der Waals surface area contributed by atoms with Crippen LogP contribution in [0, 0.1) is 5.92 Å². The van der Waals surface area contributed by atoms with Crippen LogP contribution in [-0.4, -0.2) is 28.9 Å². The SMILES string of the molecule is CN1C(=O)CC[C@H](C(=O)Nc2cccc(O)c2)[C@@H]1c1ccccc1. The predicted molar refractivity (Wildman–Crippen MR) is 91.4 cm³/mol. The van der Waals surface area contributed by atoms with E-state index in [0.717, 1.165) is 5.56 Å². The first-order valence-electron chi connectivity index (χ1n) is 7.97. The zero-order chi connectivity index (χ0) is 17.1. The molecule has 1 aliphatic heterocycles. The fourth-order valence-electron chi connectivity index (χ4n) is 3.24. The molecule has 2 aromatic rings. The molecule has 0 bridgehead atoms. The Morgan fingerprint density at radius 2 is 1.92 bits per heavy atom. The number of nitrogens with zero attached hydrogens (tertiary/aromatic N) is 1. The van der Waals surface area contributed by atoms with Gasteiger partial charge in [-0.05, 0) is 24.1 Å². The third-order valence-corrected chi connectivity index (χ3v) is 4.45. The van der Waals surface area contributed by atoms with E-state index in [0.29, 0.717) is 18.5 Å². The number of anilines is 1. The van der Waals surface area contributed by atoms with Crippen molar-refractivity contribution in [2.24, 2.45) is 5.92 Å². The van der Waals surface area contributed by atoms with E-state index >= 15 is 0 Å². The van der Waals surface area contributed by atoms with Gasteiger partial charge in [0.1, 0.15) is 5.75 Å². The van der Waals surface area contributed by atoms with Crippen molar-refractivity contribution >= 4 is 17.5 Å². The molecule has 0 saturated carbocycles. The molecule has 2 atom stereocenters. The zero-order valence-electron chi connectivity index (χ0n) is 13.5. The number of piperidine rings is 1. The Morgan fingerprint density at radius 1 is 1.17 bits per heavy atom. The van der Waals surface area contributed by atoms with E-state index in [1.165, 1.54) is 6.07 Å². The monoisotopic (exact) mass is 324 g/mol. The predicted octanol–water partition coefficient (Wildman–Crippen LogP) is 2.94. The van der Waals surface area contributed by atoms with Crippen molar-refractivity contribution in [1.82, 2.24) is 4.90 Å². The summed E-state index contributed by atoms with van der Waals surface area (Å²) >= 11 is 0. The highest BCUT2D eigenvalue weighted by Gasteiger charge is 2.38. The summed E-state index contributed by atoms with van der Waals surface area (Å²) in [5, 5.41) is 12.4. The molecule has 0 unspecified atom stereocenters. The van der Waals surface area contributed by atoms with Gasteiger partial charge in [0.25, 0.3) is 0 Å². The van der Waals surface area contributed by atoms with Crippen LogP contribution in [-0.2, 0) is 9.59 Å². The lowest BCUT2D eigenvalue weighted by atomic mass is 9.84. The zero-order valence-corrected chi connectivity index (χ0v) is 13.5. The number of nitrogens with one attached hydrogen (secondary N) is 1. The Bertz CT molecular complexity index is 745. The number of phenolic OH excluding ortho intramolecular Hbond substituents is 1. The fourth-order valence-corrected chi connectivity index (χ4v) is 3.24. The van der Waals surface area contributed by atoms with Gasteiger partial charge < -0.3 is 15.3 Å². The first-order chi connectivity index (χ1) is 11.6. The highest BCUT2D eigenvalue weighted by molar-refractivity contribution is 5.94. The number of phenols is 1. The molecule has 2 amide bonds. The molecule has 2 aromatic carbocycles. The highest BCUT2D eigenvalue weighted by Crippen LogP contribution is 2.36. The summed E-state index contributed by atoms with van der Waals surface area (Å²) in [5.41, 5.74) is 1.50. The average molecular weight is 324 g/mol. The van der Waals surface area contributed by atoms with Gasteiger partial charge in [-0.15, -0.1) is 0 Å². The Hall–Kier alpha value is -2.82. The maximum Gasteiger partial charge on any atom is 0.229 e. The van der Waals surface area contributed by atoms with E-state index < -0.39 is 0 Å². The molecular formula is C19H20N2O3. The summed E-state index contributed by atoms with van der Waals surface area (Å²) in [4.78, 5) is 26.6. The van der Waals surface area contributed by atoms with Crippen molar-refractivity contribution in [2.45, 2.75) is 18.9 Å². The highest BCUT2D eigenvalue weighted by atomic mass is 16.3. The first-order valence-corrected chi connectivity index (χ1v) is 7.97. The summed E-state index contributed by atoms with van der Waals surface area (Å²) in [6.45, 7) is 0. The van der Waals surface area contributed by atoms with Gasteiger partial charge in [-0.1, -0.05) is 36.4 Å². The van der Waals surface area contributed by atoms with Gasteiger partial charge in [-0.25, -0.2) is 0 Å². The summed E-state index contributed by atoms with van der Waals surface area (Å²) in [6.07, 6.45) is 0.866. The molecule has 124 valence electrons. The molecule has 5 nitrogen and oxygen atoms in total. The Kier molecular flexibility index (Phi) is 4.51. The second kappa shape index (κ2) is 6.74. The molecule has 2 N–H and O–H groups in total. The maximum atomic E-state index is 12.8. The number of benzene rings is 2. The van der Waals surface area contributed by atoms with E-state index in [1.54, 1.807) is 30.1 Å². The molecule has 3 rings (SSSR count). The second-order valence-electron chi connectivity index (χ2n) is 6.04. The lowest BCUT2D eigenvalue weighted by Gasteiger charge is -2.38. The van der Waals surface area contributed by atoms with Crippen molar-refractivity contribution in [2.75, 3.05) is 12.4 Å². The van der Waals surface area contributed by atoms with Crippen LogP contribution in [0.4, 0.5) is 5.69 Å². The van der Waals surface area contributed by atoms with Gasteiger partial charge in [0.15, 0.2) is 0 Å². The Labute approximate surface area is 140 Å². The van der Waals surface area contributed by atoms with Crippen molar-refractivity contribution < 1.29 is 14.7 Å². The molecule has 24 heavy (non-hydrogen) atoms. The van der Waals surface area contributed by atoms with Crippen LogP contribution >= 0.6 is 0 Å². The number of hydrogen-bond acceptors (Lipinski definition) is 3. The fraction of sp³-hybridized carbons (Fsp3) is 0.263. The molecule has 1 heterocycles. The second-order valence-corrected chi connectivity index (χ2v) is 6.04. The van der Waals surface area contributed by atoms with E-state index in [9.17, 15) is 14.7 Å². The Morgan fingerprint density at radius 3 is 2.62 bits per heavy atom. The van der Waals surface area contributed by atoms with Crippen LogP contribution in [0.3, 0.4) is 0 Å². The van der Waals surface area contributed by atoms with Crippen LogP contribution in [0.2, 0.25) is 0 Å². The van der Waals surface area contributed by atoms with E-state index in [4.69, 9.17) is 0 Å². The minimum Gasteiger partial charge on any atom is -0.508 e. The molecule has 0 spiro atoms. The average Bonchev–Trinajstić information content (AvgIpc) is 2.58. The number of amides is 2. The van der Waals surface area contributed by atoms with E-state index in [2.05, 4.69) is 5.32 Å². The minimum absolute atomic E-state index is 0.0465. The number of likely N-dealkylation sites (tertiary alicyclic amines) is 1. The van der Waals surface area contributed by atoms with Crippen LogP contribution in [0.5, 0.6) is 5.75 Å². The summed E-state index contributed by atoms with van der Waals surface area (Å²) in [5.74, 6) is -0.333. The van der Waals surface area contributed by atoms with Crippen molar-refractivity contribution in [1.29, 1.82) is 0 Å². The summed E-state index contributed by atoms with van der Waals surface area (Å²) < 4.78 is 0. The number of carbonyl (C=O) groups is 2. The molecule has 0 aliphatic carbocycles. The number of aromatic hydroxyl groups is 1. The summed E-state index contributed by atoms with van der Waals surface area (Å²) in [6, 6.07) is 15.8. The maximum absolute atomic E-state index is 12.8. The molecule has 5 heteroatoms. The number of rotatable bonds is 3. The third-order valence-electron chi connectivity index (χ3n) is 4.45. The van der Waals surface area contributed by atoms with Gasteiger partial charge in [-0.2, -0.15) is 0 Å². The normalized spacial score (nSPS) is 20.7. The standard InChI is InChI=1S/C19H20N2O3/c1-21-17(23)11-10-16(18(21)13-6-3-2-4-7-13)19(24)20-14-8-5-9-15(22)12-14/h2-9,12,16,18,22H,10-11H2,1H3,(H,20,24)/t16-,18-/m0/s1. The molecule has 1 fully saturated rings. The quantitative estimate of drug-likeness (QED) is 0.912. The molecule has 0 radical (unpaired) electrons. The topological polar surface area (TPSA) is 69.6 Å². The van der Waals surface area contributed by atoms with Crippen molar-refractivity contribution in [3.05, 3.63) is 60.2 Å². The van der Waals surface area contributed by atoms with Gasteiger partial charge in [0.05, 0.1) is 12.0 Å². The summed E-state index contributed by atoms with van der Waals surface area (Å²) in [7, 11) is 1.74. The van der Waals surface area contributed by atoms with E-state index in [1.807, 2.05) is 30.3 Å². The lowest BCUT2D eigenvalue weighted by Crippen LogP contribution is -2.44. The van der Waals surface area contributed by atoms with Crippen LogP contribution in [0.15, 0.2) is 54.6 Å². The van der Waals surface area contributed by atoms with Crippen molar-refractivity contribution in [3.8, 4) is 5.75 Å². The molecule has 1 saturated heterocycles. The Balaban J connectivity index is 1.86. The van der Waals surface area contributed by atoms with Crippen LogP contribution in [0.25, 0.3) is 0 Å². The van der Waals surface area contributed by atoms with Gasteiger partial charge in [0, 0.05) is 25.2 Å². The third kappa shape index (κ3) is 3.25. The lowest BCUT2D eigenvalue weighted by molar-refractivity contribution is -0.140. The van der Waals surface area contributed by atoms with Gasteiger partial charge in [0.2, 0.25) is 11.8 Å². The largest absolute Gasteiger partial charge is 0.508 e. The minimum atomic E-state index is -0.336. The smallest absolute Gasteiger partial charge is 0.229 e. The molecular weight excluding hydrogens is 304 g/mol. The van der Waals surface area contributed by atoms with Crippen LogP contribution in [0.1, 0.15) is 24.4 Å². The first kappa shape index (κ1) is 16.1.